The van der Waals surface area contributed by atoms with Crippen LogP contribution in [0.25, 0.3) is 22.4 Å². The number of imide groups is 1. The van der Waals surface area contributed by atoms with Crippen molar-refractivity contribution >= 4 is 17.7 Å². The summed E-state index contributed by atoms with van der Waals surface area (Å²) >= 11 is 0. The van der Waals surface area contributed by atoms with Crippen molar-refractivity contribution in [2.24, 2.45) is 7.05 Å². The number of amides is 3. The molecule has 3 aliphatic rings. The van der Waals surface area contributed by atoms with Gasteiger partial charge in [-0.1, -0.05) is 6.07 Å². The van der Waals surface area contributed by atoms with Gasteiger partial charge in [-0.25, -0.2) is 0 Å². The van der Waals surface area contributed by atoms with E-state index in [4.69, 9.17) is 4.74 Å². The molecule has 6 rings (SSSR count). The molecular weight excluding hydrogens is 432 g/mol. The Morgan fingerprint density at radius 3 is 2.68 bits per heavy atom. The lowest BCUT2D eigenvalue weighted by Gasteiger charge is -2.29. The summed E-state index contributed by atoms with van der Waals surface area (Å²) in [5.41, 5.74) is 6.70. The average molecular weight is 457 g/mol. The van der Waals surface area contributed by atoms with E-state index in [-0.39, 0.29) is 18.2 Å². The number of fused-ring (bicyclic) bond motifs is 2. The van der Waals surface area contributed by atoms with Crippen LogP contribution in [0.5, 0.6) is 5.75 Å². The molecule has 3 amide bonds. The Kier molecular flexibility index (Phi) is 4.76. The Balaban J connectivity index is 1.34. The molecular formula is C26H24N4O4. The first-order valence-corrected chi connectivity index (χ1v) is 11.6. The van der Waals surface area contributed by atoms with E-state index in [0.717, 1.165) is 53.1 Å². The van der Waals surface area contributed by atoms with Gasteiger partial charge in [0.15, 0.2) is 0 Å². The van der Waals surface area contributed by atoms with Crippen LogP contribution in [0.3, 0.4) is 0 Å². The molecule has 1 N–H and O–H groups in total. The zero-order valence-corrected chi connectivity index (χ0v) is 18.8. The highest BCUT2D eigenvalue weighted by atomic mass is 16.5. The minimum atomic E-state index is -0.618. The van der Waals surface area contributed by atoms with Gasteiger partial charge < -0.3 is 9.64 Å². The maximum Gasteiger partial charge on any atom is 0.255 e. The highest BCUT2D eigenvalue weighted by Crippen LogP contribution is 2.37. The van der Waals surface area contributed by atoms with E-state index in [2.05, 4.69) is 22.5 Å². The summed E-state index contributed by atoms with van der Waals surface area (Å²) in [6.07, 6.45) is 4.45. The first-order chi connectivity index (χ1) is 16.5. The third-order valence-corrected chi connectivity index (χ3v) is 6.96. The van der Waals surface area contributed by atoms with Gasteiger partial charge in [-0.2, -0.15) is 5.10 Å². The van der Waals surface area contributed by atoms with E-state index in [1.165, 1.54) is 5.56 Å². The largest absolute Gasteiger partial charge is 0.493 e. The van der Waals surface area contributed by atoms with Crippen LogP contribution in [-0.2, 0) is 29.6 Å². The normalized spacial score (nSPS) is 19.5. The summed E-state index contributed by atoms with van der Waals surface area (Å²) in [5.74, 6) is 0.0922. The van der Waals surface area contributed by atoms with E-state index in [9.17, 15) is 14.4 Å². The van der Waals surface area contributed by atoms with Crippen molar-refractivity contribution in [3.63, 3.8) is 0 Å². The second kappa shape index (κ2) is 7.83. The summed E-state index contributed by atoms with van der Waals surface area (Å²) in [6.45, 7) is 1.10. The molecule has 1 saturated heterocycles. The van der Waals surface area contributed by atoms with Crippen molar-refractivity contribution in [3.05, 3.63) is 59.3 Å². The molecule has 172 valence electrons. The summed E-state index contributed by atoms with van der Waals surface area (Å²) in [4.78, 5) is 38.5. The number of piperidine rings is 1. The summed E-state index contributed by atoms with van der Waals surface area (Å²) in [7, 11) is 1.93. The predicted octanol–water partition coefficient (Wildman–Crippen LogP) is 2.84. The fourth-order valence-corrected chi connectivity index (χ4v) is 5.24. The van der Waals surface area contributed by atoms with E-state index in [1.807, 2.05) is 42.2 Å². The third kappa shape index (κ3) is 3.29. The maximum atomic E-state index is 13.0. The summed E-state index contributed by atoms with van der Waals surface area (Å²) < 4.78 is 7.64. The Labute approximate surface area is 196 Å². The van der Waals surface area contributed by atoms with Crippen LogP contribution in [0.15, 0.2) is 42.6 Å². The predicted molar refractivity (Wildman–Crippen MR) is 124 cm³/mol. The van der Waals surface area contributed by atoms with Crippen LogP contribution in [-0.4, -0.2) is 45.1 Å². The molecule has 1 aromatic heterocycles. The fourth-order valence-electron chi connectivity index (χ4n) is 5.24. The molecule has 2 aromatic carbocycles. The minimum Gasteiger partial charge on any atom is -0.493 e. The fraction of sp³-hybridized carbons (Fsp3) is 0.308. The Bertz CT molecular complexity index is 1360. The smallest absolute Gasteiger partial charge is 0.255 e. The van der Waals surface area contributed by atoms with Gasteiger partial charge >= 0.3 is 0 Å². The molecule has 1 fully saturated rings. The van der Waals surface area contributed by atoms with Gasteiger partial charge in [0.1, 0.15) is 11.8 Å². The molecule has 0 aliphatic carbocycles. The van der Waals surface area contributed by atoms with Crippen LogP contribution >= 0.6 is 0 Å². The number of ether oxygens (including phenoxy) is 1. The van der Waals surface area contributed by atoms with Gasteiger partial charge in [0, 0.05) is 36.7 Å². The number of carbonyl (C=O) groups is 3. The maximum absolute atomic E-state index is 13.0. The summed E-state index contributed by atoms with van der Waals surface area (Å²) in [5, 5.41) is 6.87. The highest BCUT2D eigenvalue weighted by Gasteiger charge is 2.39. The second-order valence-electron chi connectivity index (χ2n) is 9.08. The van der Waals surface area contributed by atoms with Gasteiger partial charge in [-0.3, -0.25) is 24.4 Å². The first-order valence-electron chi connectivity index (χ1n) is 11.6. The van der Waals surface area contributed by atoms with E-state index >= 15 is 0 Å². The van der Waals surface area contributed by atoms with Crippen LogP contribution in [0, 0.1) is 0 Å². The standard InChI is InChI=1S/C26H24N4O4/c1-29-24(17-5-8-22-16(12-17)3-2-10-34-22)20(13-27-29)15-4-6-19-18(11-15)14-30(26(19)33)21-7-9-23(31)28-25(21)32/h4-6,8,11-13,21H,2-3,7,9-10,14H2,1H3,(H,28,31,32)/t21-/m0/s1. The van der Waals surface area contributed by atoms with E-state index < -0.39 is 11.9 Å². The Hall–Kier alpha value is -3.94. The molecule has 0 spiro atoms. The van der Waals surface area contributed by atoms with Crippen LogP contribution in [0.2, 0.25) is 0 Å². The molecule has 1 atom stereocenters. The molecule has 34 heavy (non-hydrogen) atoms. The van der Waals surface area contributed by atoms with Crippen molar-refractivity contribution in [1.29, 1.82) is 0 Å². The van der Waals surface area contributed by atoms with Gasteiger partial charge in [-0.15, -0.1) is 0 Å². The van der Waals surface area contributed by atoms with Crippen LogP contribution in [0.4, 0.5) is 0 Å². The molecule has 8 nitrogen and oxygen atoms in total. The zero-order valence-electron chi connectivity index (χ0n) is 18.8. The molecule has 4 heterocycles. The molecule has 8 heteroatoms. The number of aromatic nitrogens is 2. The number of nitrogens with one attached hydrogen (secondary N) is 1. The van der Waals surface area contributed by atoms with Gasteiger partial charge in [0.05, 0.1) is 18.5 Å². The van der Waals surface area contributed by atoms with Crippen molar-refractivity contribution in [1.82, 2.24) is 20.0 Å². The lowest BCUT2D eigenvalue weighted by molar-refractivity contribution is -0.136. The topological polar surface area (TPSA) is 93.5 Å². The molecule has 0 radical (unpaired) electrons. The van der Waals surface area contributed by atoms with Crippen LogP contribution in [0.1, 0.15) is 40.7 Å². The number of nitrogens with zero attached hydrogens (tertiary/aromatic N) is 3. The van der Waals surface area contributed by atoms with Crippen molar-refractivity contribution < 1.29 is 19.1 Å². The Morgan fingerprint density at radius 1 is 1.00 bits per heavy atom. The van der Waals surface area contributed by atoms with Gasteiger partial charge in [0.25, 0.3) is 5.91 Å². The first kappa shape index (κ1) is 20.7. The molecule has 3 aliphatic heterocycles. The monoisotopic (exact) mass is 456 g/mol. The van der Waals surface area contributed by atoms with Crippen molar-refractivity contribution in [2.75, 3.05) is 6.61 Å². The zero-order chi connectivity index (χ0) is 23.4. The number of benzene rings is 2. The third-order valence-electron chi connectivity index (χ3n) is 6.96. The van der Waals surface area contributed by atoms with Gasteiger partial charge in [-0.05, 0) is 66.3 Å². The van der Waals surface area contributed by atoms with Crippen LogP contribution < -0.4 is 10.1 Å². The molecule has 3 aromatic rings. The Morgan fingerprint density at radius 2 is 1.82 bits per heavy atom. The summed E-state index contributed by atoms with van der Waals surface area (Å²) in [6, 6.07) is 11.4. The van der Waals surface area contributed by atoms with E-state index in [1.54, 1.807) is 4.90 Å². The number of rotatable bonds is 3. The lowest BCUT2D eigenvalue weighted by atomic mass is 9.96. The SMILES string of the molecule is Cn1ncc(-c2ccc3c(c2)CN([C@H]2CCC(=O)NC2=O)C3=O)c1-c1ccc2c(c1)CCCO2. The average Bonchev–Trinajstić information content (AvgIpc) is 3.38. The quantitative estimate of drug-likeness (QED) is 0.612. The molecule has 0 bridgehead atoms. The number of carbonyl (C=O) groups excluding carboxylic acids is 3. The van der Waals surface area contributed by atoms with Gasteiger partial charge in [0.2, 0.25) is 11.8 Å². The molecule has 0 unspecified atom stereocenters. The van der Waals surface area contributed by atoms with Crippen molar-refractivity contribution in [2.45, 2.75) is 38.3 Å². The van der Waals surface area contributed by atoms with Crippen molar-refractivity contribution in [3.8, 4) is 28.1 Å². The number of aryl methyl sites for hydroxylation is 2. The minimum absolute atomic E-state index is 0.169. The molecule has 0 saturated carbocycles. The number of hydrogen-bond acceptors (Lipinski definition) is 5. The van der Waals surface area contributed by atoms with E-state index in [0.29, 0.717) is 18.5 Å². The highest BCUT2D eigenvalue weighted by molar-refractivity contribution is 6.05. The number of hydrogen-bond donors (Lipinski definition) is 1. The second-order valence-corrected chi connectivity index (χ2v) is 9.08. The lowest BCUT2D eigenvalue weighted by Crippen LogP contribution is -2.52.